The lowest BCUT2D eigenvalue weighted by Crippen LogP contribution is -3.00. The molecule has 6 nitrogen and oxygen atoms in total. The van der Waals surface area contributed by atoms with Crippen LogP contribution in [-0.4, -0.2) is 92.7 Å². The molecule has 0 saturated heterocycles. The summed E-state index contributed by atoms with van der Waals surface area (Å²) < 4.78 is 1.66. The molecule has 2 N–H and O–H groups in total. The summed E-state index contributed by atoms with van der Waals surface area (Å²) in [5, 5.41) is 27.2. The largest absolute Gasteiger partial charge is 1.00 e. The van der Waals surface area contributed by atoms with Crippen LogP contribution in [0.2, 0.25) is 0 Å². The summed E-state index contributed by atoms with van der Waals surface area (Å²) in [7, 11) is 12.4. The van der Waals surface area contributed by atoms with Crippen molar-refractivity contribution in [3.63, 3.8) is 0 Å². The topological polar surface area (TPSA) is 80.6 Å². The normalized spacial score (nSPS) is 13.2. The van der Waals surface area contributed by atoms with Gasteiger partial charge in [0.2, 0.25) is 0 Å². The number of carbonyl (C=O) groups is 1. The highest BCUT2D eigenvalue weighted by Gasteiger charge is 2.10. The molecule has 0 amide bonds. The predicted molar refractivity (Wildman–Crippen MR) is 89.0 cm³/mol. The van der Waals surface area contributed by atoms with Gasteiger partial charge in [0.25, 0.3) is 0 Å². The number of carbonyl (C=O) groups excluding carboxylic acids is 1. The van der Waals surface area contributed by atoms with E-state index in [9.17, 15) is 9.90 Å². The van der Waals surface area contributed by atoms with E-state index < -0.39 is 5.97 Å². The van der Waals surface area contributed by atoms with Crippen LogP contribution in [0.1, 0.15) is 20.8 Å². The van der Waals surface area contributed by atoms with Crippen molar-refractivity contribution in [2.75, 3.05) is 55.4 Å². The molecule has 0 aliphatic carbocycles. The van der Waals surface area contributed by atoms with Crippen LogP contribution in [0.4, 0.5) is 0 Å². The van der Waals surface area contributed by atoms with Gasteiger partial charge in [-0.25, -0.2) is 0 Å². The zero-order valence-electron chi connectivity index (χ0n) is 16.3. The van der Waals surface area contributed by atoms with Crippen LogP contribution < -0.4 is 22.1 Å². The van der Waals surface area contributed by atoms with E-state index in [1.54, 1.807) is 0 Å². The zero-order valence-corrected chi connectivity index (χ0v) is 17.8. The molecule has 0 fully saturated rings. The molecule has 0 bridgehead atoms. The molecule has 0 aromatic carbocycles. The van der Waals surface area contributed by atoms with Crippen LogP contribution in [0.25, 0.3) is 0 Å². The summed E-state index contributed by atoms with van der Waals surface area (Å²) in [6.07, 6.45) is -0.370. The number of carboxylic acids is 1. The number of likely N-dealkylation sites (N-methyl/N-ethyl adjacent to an activating group) is 2. The van der Waals surface area contributed by atoms with Gasteiger partial charge in [-0.1, -0.05) is 6.58 Å². The van der Waals surface area contributed by atoms with Gasteiger partial charge in [-0.2, -0.15) is 0 Å². The smallest absolute Gasteiger partial charge is 0.104 e. The van der Waals surface area contributed by atoms with Gasteiger partial charge in [0.05, 0.1) is 48.3 Å². The summed E-state index contributed by atoms with van der Waals surface area (Å²) in [5.41, 5.74) is 0.0648. The fourth-order valence-corrected chi connectivity index (χ4v) is 1.59. The molecule has 0 aliphatic rings. The Hall–Kier alpha value is -0.470. The number of nitrogens with zero attached hydrogens (tertiary/aromatic N) is 2. The number of aliphatic hydroxyl groups is 2. The van der Waals surface area contributed by atoms with Crippen molar-refractivity contribution in [3.05, 3.63) is 12.2 Å². The highest BCUT2D eigenvalue weighted by Crippen LogP contribution is 1.92. The second kappa shape index (κ2) is 13.9. The predicted octanol–water partition coefficient (Wildman–Crippen LogP) is -3.54. The molecule has 0 aromatic rings. The second-order valence-corrected chi connectivity index (χ2v) is 7.71. The van der Waals surface area contributed by atoms with E-state index in [1.807, 2.05) is 13.8 Å². The molecule has 0 rings (SSSR count). The summed E-state index contributed by atoms with van der Waals surface area (Å²) in [6, 6.07) is 0. The molecule has 0 spiro atoms. The highest BCUT2D eigenvalue weighted by atomic mass is 79.9. The molecule has 0 aromatic heterocycles. The fraction of sp³-hybridized carbons (Fsp3) is 0.812. The number of carboxylic acid groups (broad SMARTS) is 1. The molecule has 0 aliphatic heterocycles. The number of aliphatic hydroxyl groups excluding tert-OH is 2. The molecular formula is C16H37BrN2O4. The quantitative estimate of drug-likeness (QED) is 0.370. The van der Waals surface area contributed by atoms with E-state index >= 15 is 0 Å². The Morgan fingerprint density at radius 3 is 1.13 bits per heavy atom. The van der Waals surface area contributed by atoms with Gasteiger partial charge in [0, 0.05) is 0 Å². The Morgan fingerprint density at radius 2 is 1.13 bits per heavy atom. The number of rotatable bonds is 5. The van der Waals surface area contributed by atoms with Crippen molar-refractivity contribution in [1.82, 2.24) is 0 Å². The molecule has 2 unspecified atom stereocenters. The first-order valence-electron chi connectivity index (χ1n) is 7.32. The second-order valence-electron chi connectivity index (χ2n) is 7.71. The van der Waals surface area contributed by atoms with Crippen LogP contribution in [0, 0.1) is 0 Å². The van der Waals surface area contributed by atoms with E-state index in [2.05, 4.69) is 48.9 Å². The summed E-state index contributed by atoms with van der Waals surface area (Å²) >= 11 is 0. The lowest BCUT2D eigenvalue weighted by atomic mass is 10.3. The minimum Gasteiger partial charge on any atom is -1.00 e. The van der Waals surface area contributed by atoms with Crippen molar-refractivity contribution in [2.24, 2.45) is 0 Å². The van der Waals surface area contributed by atoms with Gasteiger partial charge in [0.15, 0.2) is 0 Å². The standard InChI is InChI=1S/2C6H16NO.C4H6O2.BrH/c2*1-6(8)5-7(2,3)4;1-3(2)4(5)6;/h2*6,8H,5H2,1-4H3;1H2,2H3,(H,5,6);1H/q2*+1;;/p-2. The lowest BCUT2D eigenvalue weighted by Gasteiger charge is -2.24. The average Bonchev–Trinajstić information content (AvgIpc) is 2.09. The molecular weight excluding hydrogens is 364 g/mol. The number of quaternary nitrogens is 2. The van der Waals surface area contributed by atoms with Crippen molar-refractivity contribution < 1.29 is 46.1 Å². The monoisotopic (exact) mass is 400 g/mol. The molecule has 0 heterocycles. The Morgan fingerprint density at radius 1 is 0.957 bits per heavy atom. The minimum absolute atomic E-state index is 0. The van der Waals surface area contributed by atoms with E-state index in [0.29, 0.717) is 0 Å². The van der Waals surface area contributed by atoms with Crippen LogP contribution in [0.15, 0.2) is 12.2 Å². The molecule has 2 atom stereocenters. The van der Waals surface area contributed by atoms with Crippen LogP contribution >= 0.6 is 0 Å². The fourth-order valence-electron chi connectivity index (χ4n) is 1.59. The maximum absolute atomic E-state index is 9.49. The van der Waals surface area contributed by atoms with E-state index in [-0.39, 0.29) is 34.8 Å². The number of hydrogen-bond donors (Lipinski definition) is 2. The maximum atomic E-state index is 9.49. The highest BCUT2D eigenvalue weighted by molar-refractivity contribution is 5.82. The third kappa shape index (κ3) is 44.9. The summed E-state index contributed by atoms with van der Waals surface area (Å²) in [5.74, 6) is -1.19. The van der Waals surface area contributed by atoms with E-state index in [0.717, 1.165) is 22.1 Å². The minimum atomic E-state index is -1.19. The van der Waals surface area contributed by atoms with Crippen molar-refractivity contribution in [2.45, 2.75) is 33.0 Å². The van der Waals surface area contributed by atoms with Gasteiger partial charge in [-0.15, -0.1) is 0 Å². The Kier molecular flexibility index (Phi) is 18.4. The lowest BCUT2D eigenvalue weighted by molar-refractivity contribution is -0.873. The third-order valence-electron chi connectivity index (χ3n) is 1.97. The van der Waals surface area contributed by atoms with Crippen molar-refractivity contribution in [3.8, 4) is 0 Å². The molecule has 0 saturated carbocycles. The van der Waals surface area contributed by atoms with Gasteiger partial charge < -0.3 is 46.1 Å². The Labute approximate surface area is 153 Å². The molecule has 7 heteroatoms. The van der Waals surface area contributed by atoms with Crippen LogP contribution in [0.3, 0.4) is 0 Å². The Balaban J connectivity index is -0.000000117. The van der Waals surface area contributed by atoms with Crippen molar-refractivity contribution >= 4 is 5.97 Å². The van der Waals surface area contributed by atoms with Gasteiger partial charge in [0.1, 0.15) is 25.3 Å². The maximum Gasteiger partial charge on any atom is 0.104 e. The first-order chi connectivity index (χ1) is 9.48. The summed E-state index contributed by atoms with van der Waals surface area (Å²) in [6.45, 7) is 9.73. The Bertz CT molecular complexity index is 287. The number of hydrogen-bond acceptors (Lipinski definition) is 4. The van der Waals surface area contributed by atoms with E-state index in [4.69, 9.17) is 10.2 Å². The zero-order chi connectivity index (χ0) is 18.7. The molecule has 0 radical (unpaired) electrons. The van der Waals surface area contributed by atoms with Gasteiger partial charge >= 0.3 is 0 Å². The average molecular weight is 401 g/mol. The third-order valence-corrected chi connectivity index (χ3v) is 1.97. The van der Waals surface area contributed by atoms with E-state index in [1.165, 1.54) is 6.92 Å². The SMILES string of the molecule is C=C(C)C(=O)[O-].CC(O)C[N+](C)(C)C.CC(O)C[N+](C)(C)C.[Br-]. The first-order valence-corrected chi connectivity index (χ1v) is 7.32. The first kappa shape index (κ1) is 30.4. The van der Waals surface area contributed by atoms with Crippen LogP contribution in [-0.2, 0) is 4.79 Å². The molecule has 23 heavy (non-hydrogen) atoms. The van der Waals surface area contributed by atoms with Crippen LogP contribution in [0.5, 0.6) is 0 Å². The van der Waals surface area contributed by atoms with Gasteiger partial charge in [-0.3, -0.25) is 0 Å². The van der Waals surface area contributed by atoms with Gasteiger partial charge in [-0.05, 0) is 26.3 Å². The summed E-state index contributed by atoms with van der Waals surface area (Å²) in [4.78, 5) is 9.49. The number of halogens is 1. The number of aliphatic carboxylic acids is 1. The van der Waals surface area contributed by atoms with Crippen molar-refractivity contribution in [1.29, 1.82) is 0 Å². The molecule has 142 valence electrons.